The molecular weight excluding hydrogens is 618 g/mol. The van der Waals surface area contributed by atoms with Crippen molar-refractivity contribution in [3.8, 4) is 5.75 Å². The molecule has 2 aromatic rings. The Morgan fingerprint density at radius 1 is 0.837 bits per heavy atom. The van der Waals surface area contributed by atoms with E-state index in [1.807, 2.05) is 4.90 Å². The summed E-state index contributed by atoms with van der Waals surface area (Å²) in [6.07, 6.45) is 3.37. The van der Waals surface area contributed by atoms with Crippen LogP contribution in [0.3, 0.4) is 0 Å². The van der Waals surface area contributed by atoms with Gasteiger partial charge in [0.15, 0.2) is 19.7 Å². The van der Waals surface area contributed by atoms with Crippen molar-refractivity contribution in [1.82, 2.24) is 14.7 Å². The Labute approximate surface area is 259 Å². The first-order valence-electron chi connectivity index (χ1n) is 13.8. The number of carbonyl (C=O) groups excluding carboxylic acids is 3. The quantitative estimate of drug-likeness (QED) is 0.293. The summed E-state index contributed by atoms with van der Waals surface area (Å²) in [5.41, 5.74) is 0.714. The van der Waals surface area contributed by atoms with Crippen molar-refractivity contribution in [2.45, 2.75) is 42.0 Å². The number of hydrogen-bond donors (Lipinski definition) is 0. The van der Waals surface area contributed by atoms with Crippen molar-refractivity contribution in [3.05, 3.63) is 54.1 Å². The van der Waals surface area contributed by atoms with Gasteiger partial charge in [0, 0.05) is 52.2 Å². The lowest BCUT2D eigenvalue weighted by Gasteiger charge is -2.42. The van der Waals surface area contributed by atoms with Gasteiger partial charge in [-0.05, 0) is 60.8 Å². The molecule has 236 valence electrons. The maximum absolute atomic E-state index is 13.4. The van der Waals surface area contributed by atoms with Gasteiger partial charge in [-0.1, -0.05) is 12.1 Å². The Morgan fingerprint density at radius 2 is 1.42 bits per heavy atom. The number of benzene rings is 2. The average Bonchev–Trinajstić information content (AvgIpc) is 3.34. The lowest BCUT2D eigenvalue weighted by atomic mass is 10.1. The number of esters is 1. The molecule has 0 N–H and O–H groups in total. The maximum Gasteiger partial charge on any atom is 0.311 e. The molecule has 2 atom stereocenters. The molecule has 2 unspecified atom stereocenters. The highest BCUT2D eigenvalue weighted by molar-refractivity contribution is 7.91. The van der Waals surface area contributed by atoms with Crippen LogP contribution in [-0.2, 0) is 40.5 Å². The molecule has 0 bridgehead atoms. The van der Waals surface area contributed by atoms with E-state index in [2.05, 4.69) is 4.90 Å². The molecule has 0 aromatic heterocycles. The van der Waals surface area contributed by atoms with Crippen LogP contribution in [0.5, 0.6) is 5.75 Å². The highest BCUT2D eigenvalue weighted by Gasteiger charge is 2.35. The SMILES string of the molecule is CC(=O)N1CCN(C(=O)Cc2ccc(S(C)(=O)=O)cc2)C(CN2CCC(CC(=O)Oc3ccc(S(C)(=O)=O)cc3)C2)C1.Cl. The second-order valence-electron chi connectivity index (χ2n) is 11.1. The molecule has 0 radical (unpaired) electrons. The van der Waals surface area contributed by atoms with Crippen LogP contribution in [0.15, 0.2) is 58.3 Å². The summed E-state index contributed by atoms with van der Waals surface area (Å²) in [5, 5.41) is 0. The molecule has 0 aliphatic carbocycles. The number of hydrogen-bond acceptors (Lipinski definition) is 9. The van der Waals surface area contributed by atoms with Crippen molar-refractivity contribution in [1.29, 1.82) is 0 Å². The standard InChI is InChI=1S/C29H37N3O8S2.ClH/c1-21(33)31-14-15-32(28(34)16-22-4-8-26(9-5-22)41(2,36)37)24(20-31)19-30-13-12-23(18-30)17-29(35)40-25-6-10-27(11-7-25)42(3,38)39;/h4-11,23-24H,12-20H2,1-3H3;1H. The number of ether oxygens (including phenoxy) is 1. The zero-order chi connectivity index (χ0) is 30.7. The van der Waals surface area contributed by atoms with Crippen molar-refractivity contribution in [2.24, 2.45) is 5.92 Å². The number of sulfone groups is 2. The van der Waals surface area contributed by atoms with Crippen LogP contribution in [0, 0.1) is 5.92 Å². The van der Waals surface area contributed by atoms with E-state index in [0.29, 0.717) is 38.3 Å². The van der Waals surface area contributed by atoms with Crippen LogP contribution in [0.2, 0.25) is 0 Å². The highest BCUT2D eigenvalue weighted by atomic mass is 35.5. The average molecular weight is 656 g/mol. The molecule has 2 aromatic carbocycles. The number of rotatable bonds is 9. The third-order valence-electron chi connectivity index (χ3n) is 7.73. The fourth-order valence-corrected chi connectivity index (χ4v) is 6.72. The number of amides is 2. The van der Waals surface area contributed by atoms with E-state index in [1.165, 1.54) is 43.3 Å². The van der Waals surface area contributed by atoms with Crippen molar-refractivity contribution < 1.29 is 36.0 Å². The van der Waals surface area contributed by atoms with E-state index in [4.69, 9.17) is 4.74 Å². The first-order chi connectivity index (χ1) is 19.7. The Balaban J connectivity index is 0.00000506. The molecule has 2 saturated heterocycles. The molecule has 2 amide bonds. The zero-order valence-corrected chi connectivity index (χ0v) is 26.9. The summed E-state index contributed by atoms with van der Waals surface area (Å²) in [5.74, 6) is -0.175. The molecule has 11 nitrogen and oxygen atoms in total. The van der Waals surface area contributed by atoms with Gasteiger partial charge < -0.3 is 19.4 Å². The topological polar surface area (TPSA) is 138 Å². The molecule has 0 spiro atoms. The van der Waals surface area contributed by atoms with Gasteiger partial charge in [0.1, 0.15) is 5.75 Å². The molecule has 2 fully saturated rings. The number of likely N-dealkylation sites (tertiary alicyclic amines) is 1. The Morgan fingerprint density at radius 3 is 1.98 bits per heavy atom. The number of piperazine rings is 1. The second kappa shape index (κ2) is 14.2. The summed E-state index contributed by atoms with van der Waals surface area (Å²) >= 11 is 0. The highest BCUT2D eigenvalue weighted by Crippen LogP contribution is 2.24. The van der Waals surface area contributed by atoms with Crippen molar-refractivity contribution in [3.63, 3.8) is 0 Å². The van der Waals surface area contributed by atoms with Crippen LogP contribution < -0.4 is 4.74 Å². The van der Waals surface area contributed by atoms with Gasteiger partial charge in [-0.15, -0.1) is 12.4 Å². The predicted octanol–water partition coefficient (Wildman–Crippen LogP) is 1.83. The summed E-state index contributed by atoms with van der Waals surface area (Å²) in [6.45, 7) is 4.74. The van der Waals surface area contributed by atoms with Gasteiger partial charge in [-0.25, -0.2) is 16.8 Å². The summed E-state index contributed by atoms with van der Waals surface area (Å²) < 4.78 is 52.2. The van der Waals surface area contributed by atoms with E-state index >= 15 is 0 Å². The Hall–Kier alpha value is -3.00. The largest absolute Gasteiger partial charge is 0.427 e. The van der Waals surface area contributed by atoms with Crippen molar-refractivity contribution in [2.75, 3.05) is 51.8 Å². The van der Waals surface area contributed by atoms with Crippen LogP contribution in [0.4, 0.5) is 0 Å². The lowest BCUT2D eigenvalue weighted by molar-refractivity contribution is -0.142. The molecule has 2 heterocycles. The van der Waals surface area contributed by atoms with Gasteiger partial charge in [-0.3, -0.25) is 14.4 Å². The summed E-state index contributed by atoms with van der Waals surface area (Å²) in [6, 6.07) is 11.8. The minimum Gasteiger partial charge on any atom is -0.427 e. The zero-order valence-electron chi connectivity index (χ0n) is 24.5. The summed E-state index contributed by atoms with van der Waals surface area (Å²) in [7, 11) is -6.66. The smallest absolute Gasteiger partial charge is 0.311 e. The van der Waals surface area contributed by atoms with Gasteiger partial charge >= 0.3 is 5.97 Å². The minimum atomic E-state index is -3.34. The van der Waals surface area contributed by atoms with E-state index in [0.717, 1.165) is 25.5 Å². The van der Waals surface area contributed by atoms with Crippen LogP contribution in [0.1, 0.15) is 25.3 Å². The lowest BCUT2D eigenvalue weighted by Crippen LogP contribution is -2.59. The molecule has 0 saturated carbocycles. The molecule has 14 heteroatoms. The molecule has 43 heavy (non-hydrogen) atoms. The number of nitrogens with zero attached hydrogens (tertiary/aromatic N) is 3. The van der Waals surface area contributed by atoms with Crippen LogP contribution >= 0.6 is 12.4 Å². The maximum atomic E-state index is 13.4. The third kappa shape index (κ3) is 9.49. The van der Waals surface area contributed by atoms with Gasteiger partial charge in [0.2, 0.25) is 11.8 Å². The molecular formula is C29H38ClN3O8S2. The van der Waals surface area contributed by atoms with E-state index in [-0.39, 0.29) is 64.6 Å². The van der Waals surface area contributed by atoms with Crippen molar-refractivity contribution >= 4 is 49.9 Å². The fraction of sp³-hybridized carbons (Fsp3) is 0.483. The number of halogens is 1. The Bertz CT molecular complexity index is 1530. The second-order valence-corrected chi connectivity index (χ2v) is 15.2. The van der Waals surface area contributed by atoms with Gasteiger partial charge in [0.25, 0.3) is 0 Å². The molecule has 2 aliphatic rings. The first-order valence-corrected chi connectivity index (χ1v) is 17.5. The third-order valence-corrected chi connectivity index (χ3v) is 9.99. The van der Waals surface area contributed by atoms with E-state index in [9.17, 15) is 31.2 Å². The first kappa shape index (κ1) is 34.5. The predicted molar refractivity (Wildman–Crippen MR) is 163 cm³/mol. The normalized spacial score (nSPS) is 19.5. The minimum absolute atomic E-state index is 0. The fourth-order valence-electron chi connectivity index (χ4n) is 5.46. The monoisotopic (exact) mass is 655 g/mol. The van der Waals surface area contributed by atoms with Gasteiger partial charge in [0.05, 0.1) is 28.7 Å². The Kier molecular flexibility index (Phi) is 11.4. The molecule has 4 rings (SSSR count). The molecule has 2 aliphatic heterocycles. The van der Waals surface area contributed by atoms with Gasteiger partial charge in [-0.2, -0.15) is 0 Å². The van der Waals surface area contributed by atoms with Crippen LogP contribution in [-0.4, -0.2) is 107 Å². The summed E-state index contributed by atoms with van der Waals surface area (Å²) in [4.78, 5) is 44.2. The number of carbonyl (C=O) groups is 3. The van der Waals surface area contributed by atoms with E-state index < -0.39 is 25.6 Å². The van der Waals surface area contributed by atoms with E-state index in [1.54, 1.807) is 17.0 Å². The van der Waals surface area contributed by atoms with Crippen LogP contribution in [0.25, 0.3) is 0 Å².